The normalized spacial score (nSPS) is 12.8. The number of para-hydroxylation sites is 1. The van der Waals surface area contributed by atoms with Crippen molar-refractivity contribution in [3.63, 3.8) is 0 Å². The molecule has 1 aromatic heterocycles. The van der Waals surface area contributed by atoms with E-state index in [9.17, 15) is 8.78 Å². The number of aromatic nitrogens is 2. The molecule has 0 aliphatic heterocycles. The van der Waals surface area contributed by atoms with Gasteiger partial charge in [0.1, 0.15) is 6.61 Å². The van der Waals surface area contributed by atoms with Crippen LogP contribution in [0.4, 0.5) is 8.78 Å². The number of halogens is 2. The third-order valence-corrected chi connectivity index (χ3v) is 3.17. The van der Waals surface area contributed by atoms with Crippen molar-refractivity contribution in [2.24, 2.45) is 0 Å². The van der Waals surface area contributed by atoms with Gasteiger partial charge in [-0.15, -0.1) is 0 Å². The first kappa shape index (κ1) is 15.6. The summed E-state index contributed by atoms with van der Waals surface area (Å²) in [4.78, 5) is 0. The molecule has 2 rings (SSSR count). The molecule has 0 bridgehead atoms. The van der Waals surface area contributed by atoms with Crippen molar-refractivity contribution in [2.75, 3.05) is 20.3 Å². The van der Waals surface area contributed by atoms with Crippen molar-refractivity contribution in [3.05, 3.63) is 48.3 Å². The quantitative estimate of drug-likeness (QED) is 0.761. The second-order valence-corrected chi connectivity index (χ2v) is 4.60. The number of hydrogen-bond donors (Lipinski definition) is 1. The van der Waals surface area contributed by atoms with Gasteiger partial charge in [-0.2, -0.15) is 5.10 Å². The van der Waals surface area contributed by atoms with Crippen molar-refractivity contribution in [3.8, 4) is 5.69 Å². The Morgan fingerprint density at radius 2 is 2.00 bits per heavy atom. The molecule has 0 aliphatic rings. The van der Waals surface area contributed by atoms with E-state index in [-0.39, 0.29) is 12.6 Å². The Labute approximate surface area is 122 Å². The average molecular weight is 295 g/mol. The summed E-state index contributed by atoms with van der Waals surface area (Å²) in [5.74, 6) is 0. The van der Waals surface area contributed by atoms with Crippen molar-refractivity contribution in [1.29, 1.82) is 0 Å². The lowest BCUT2D eigenvalue weighted by Gasteiger charge is -2.18. The summed E-state index contributed by atoms with van der Waals surface area (Å²) in [7, 11) is 1.83. The van der Waals surface area contributed by atoms with Crippen LogP contribution in [0.25, 0.3) is 5.69 Å². The fourth-order valence-corrected chi connectivity index (χ4v) is 2.18. The van der Waals surface area contributed by atoms with Gasteiger partial charge in [-0.1, -0.05) is 18.2 Å². The van der Waals surface area contributed by atoms with E-state index in [2.05, 4.69) is 10.4 Å². The maximum absolute atomic E-state index is 12.0. The molecule has 1 aromatic carbocycles. The Morgan fingerprint density at radius 1 is 1.24 bits per heavy atom. The fourth-order valence-electron chi connectivity index (χ4n) is 2.18. The molecular weight excluding hydrogens is 276 g/mol. The minimum absolute atomic E-state index is 0.00891. The standard InChI is InChI=1S/C15H19F2N3O/c1-18-13(8-10-21-11-15(16)17)14-7-9-19-20(14)12-5-3-2-4-6-12/h2-7,9,13,15,18H,8,10-11H2,1H3. The van der Waals surface area contributed by atoms with Gasteiger partial charge in [0, 0.05) is 12.8 Å². The SMILES string of the molecule is CNC(CCOCC(F)F)c1ccnn1-c1ccccc1. The molecule has 114 valence electrons. The maximum Gasteiger partial charge on any atom is 0.261 e. The summed E-state index contributed by atoms with van der Waals surface area (Å²) in [5.41, 5.74) is 1.94. The molecular formula is C15H19F2N3O. The maximum atomic E-state index is 12.0. The zero-order chi connectivity index (χ0) is 15.1. The molecule has 1 heterocycles. The average Bonchev–Trinajstić information content (AvgIpc) is 2.97. The van der Waals surface area contributed by atoms with Gasteiger partial charge in [0.2, 0.25) is 0 Å². The molecule has 21 heavy (non-hydrogen) atoms. The van der Waals surface area contributed by atoms with Crippen molar-refractivity contribution in [2.45, 2.75) is 18.9 Å². The van der Waals surface area contributed by atoms with Crippen LogP contribution in [0.3, 0.4) is 0 Å². The van der Waals surface area contributed by atoms with E-state index in [0.717, 1.165) is 11.4 Å². The van der Waals surface area contributed by atoms with E-state index < -0.39 is 13.0 Å². The van der Waals surface area contributed by atoms with Crippen LogP contribution in [0.2, 0.25) is 0 Å². The summed E-state index contributed by atoms with van der Waals surface area (Å²) in [6.45, 7) is -0.246. The molecule has 0 amide bonds. The van der Waals surface area contributed by atoms with Gasteiger partial charge in [-0.3, -0.25) is 0 Å². The highest BCUT2D eigenvalue weighted by Crippen LogP contribution is 2.19. The summed E-state index contributed by atoms with van der Waals surface area (Å²) in [5, 5.41) is 7.50. The zero-order valence-electron chi connectivity index (χ0n) is 11.9. The van der Waals surface area contributed by atoms with Crippen molar-refractivity contribution in [1.82, 2.24) is 15.1 Å². The van der Waals surface area contributed by atoms with E-state index in [1.54, 1.807) is 6.20 Å². The second-order valence-electron chi connectivity index (χ2n) is 4.60. The van der Waals surface area contributed by atoms with Gasteiger partial charge in [0.05, 0.1) is 17.4 Å². The number of alkyl halides is 2. The van der Waals surface area contributed by atoms with Crippen LogP contribution in [0.5, 0.6) is 0 Å². The lowest BCUT2D eigenvalue weighted by molar-refractivity contribution is 0.0144. The van der Waals surface area contributed by atoms with Gasteiger partial charge >= 0.3 is 0 Å². The van der Waals surface area contributed by atoms with Crippen LogP contribution in [-0.2, 0) is 4.74 Å². The van der Waals surface area contributed by atoms with Crippen LogP contribution in [-0.4, -0.2) is 36.5 Å². The molecule has 6 heteroatoms. The highest BCUT2D eigenvalue weighted by molar-refractivity contribution is 5.33. The van der Waals surface area contributed by atoms with Crippen LogP contribution in [0.15, 0.2) is 42.6 Å². The Balaban J connectivity index is 2.04. The van der Waals surface area contributed by atoms with Crippen LogP contribution >= 0.6 is 0 Å². The number of ether oxygens (including phenoxy) is 1. The van der Waals surface area contributed by atoms with E-state index in [0.29, 0.717) is 6.42 Å². The van der Waals surface area contributed by atoms with E-state index >= 15 is 0 Å². The first-order chi connectivity index (χ1) is 10.2. The van der Waals surface area contributed by atoms with E-state index in [1.807, 2.05) is 48.1 Å². The lowest BCUT2D eigenvalue weighted by Crippen LogP contribution is -2.22. The zero-order valence-corrected chi connectivity index (χ0v) is 11.9. The highest BCUT2D eigenvalue weighted by Gasteiger charge is 2.15. The molecule has 0 aliphatic carbocycles. The van der Waals surface area contributed by atoms with Crippen molar-refractivity contribution >= 4 is 0 Å². The Morgan fingerprint density at radius 3 is 2.67 bits per heavy atom. The second kappa shape index (κ2) is 7.85. The van der Waals surface area contributed by atoms with Crippen LogP contribution in [0.1, 0.15) is 18.2 Å². The van der Waals surface area contributed by atoms with Gasteiger partial charge in [-0.05, 0) is 31.7 Å². The number of benzene rings is 1. The molecule has 0 saturated carbocycles. The predicted octanol–water partition coefficient (Wildman–Crippen LogP) is 2.80. The van der Waals surface area contributed by atoms with Gasteiger partial charge in [-0.25, -0.2) is 13.5 Å². The van der Waals surface area contributed by atoms with Gasteiger partial charge < -0.3 is 10.1 Å². The van der Waals surface area contributed by atoms with Gasteiger partial charge in [0.15, 0.2) is 0 Å². The molecule has 0 fully saturated rings. The number of nitrogens with one attached hydrogen (secondary N) is 1. The molecule has 0 spiro atoms. The predicted molar refractivity (Wildman–Crippen MR) is 76.8 cm³/mol. The first-order valence-corrected chi connectivity index (χ1v) is 6.85. The van der Waals surface area contributed by atoms with E-state index in [1.165, 1.54) is 0 Å². The molecule has 2 aromatic rings. The summed E-state index contributed by atoms with van der Waals surface area (Å²) in [6.07, 6.45) is -0.0954. The first-order valence-electron chi connectivity index (χ1n) is 6.85. The Hall–Kier alpha value is -1.79. The minimum atomic E-state index is -2.42. The van der Waals surface area contributed by atoms with Crippen LogP contribution in [0, 0.1) is 0 Å². The molecule has 0 radical (unpaired) electrons. The minimum Gasteiger partial charge on any atom is -0.375 e. The van der Waals surface area contributed by atoms with Crippen LogP contribution < -0.4 is 5.32 Å². The van der Waals surface area contributed by atoms with Gasteiger partial charge in [0.25, 0.3) is 6.43 Å². The number of hydrogen-bond acceptors (Lipinski definition) is 3. The molecule has 4 nitrogen and oxygen atoms in total. The largest absolute Gasteiger partial charge is 0.375 e. The topological polar surface area (TPSA) is 39.1 Å². The third kappa shape index (κ3) is 4.34. The summed E-state index contributed by atoms with van der Waals surface area (Å²) >= 11 is 0. The monoisotopic (exact) mass is 295 g/mol. The Kier molecular flexibility index (Phi) is 5.83. The fraction of sp³-hybridized carbons (Fsp3) is 0.400. The third-order valence-electron chi connectivity index (χ3n) is 3.17. The highest BCUT2D eigenvalue weighted by atomic mass is 19.3. The number of rotatable bonds is 8. The molecule has 1 unspecified atom stereocenters. The summed E-state index contributed by atoms with van der Waals surface area (Å²) in [6, 6.07) is 11.7. The summed E-state index contributed by atoms with van der Waals surface area (Å²) < 4.78 is 30.9. The molecule has 1 N–H and O–H groups in total. The molecule has 1 atom stereocenters. The number of nitrogens with zero attached hydrogens (tertiary/aromatic N) is 2. The lowest BCUT2D eigenvalue weighted by atomic mass is 10.1. The van der Waals surface area contributed by atoms with Crippen molar-refractivity contribution < 1.29 is 13.5 Å². The Bertz CT molecular complexity index is 531. The smallest absolute Gasteiger partial charge is 0.261 e. The molecule has 0 saturated heterocycles. The van der Waals surface area contributed by atoms with E-state index in [4.69, 9.17) is 4.74 Å².